The first-order valence-corrected chi connectivity index (χ1v) is 6.87. The van der Waals surface area contributed by atoms with Gasteiger partial charge in [0.25, 0.3) is 0 Å². The number of carbonyl (C=O) groups is 2. The Morgan fingerprint density at radius 3 is 2.79 bits per heavy atom. The van der Waals surface area contributed by atoms with Crippen molar-refractivity contribution in [1.29, 1.82) is 0 Å². The number of carbonyl (C=O) groups excluding carboxylic acids is 1. The molecule has 110 valence electrons. The molecule has 6 nitrogen and oxygen atoms in total. The molecule has 1 saturated heterocycles. The van der Waals surface area contributed by atoms with Gasteiger partial charge in [-0.15, -0.1) is 0 Å². The highest BCUT2D eigenvalue weighted by Crippen LogP contribution is 2.08. The first-order chi connectivity index (χ1) is 9.02. The first-order valence-electron chi connectivity index (χ1n) is 6.87. The van der Waals surface area contributed by atoms with E-state index in [1.165, 1.54) is 4.90 Å². The lowest BCUT2D eigenvalue weighted by Crippen LogP contribution is -2.55. The molecule has 0 aliphatic carbocycles. The molecule has 0 aromatic rings. The predicted molar refractivity (Wildman–Crippen MR) is 71.0 cm³/mol. The third kappa shape index (κ3) is 5.46. The quantitative estimate of drug-likeness (QED) is 0.714. The van der Waals surface area contributed by atoms with Crippen molar-refractivity contribution in [2.45, 2.75) is 39.2 Å². The minimum atomic E-state index is -1.02. The number of carboxylic acid groups (broad SMARTS) is 1. The van der Waals surface area contributed by atoms with Gasteiger partial charge in [-0.1, -0.05) is 26.7 Å². The van der Waals surface area contributed by atoms with Crippen molar-refractivity contribution in [3.63, 3.8) is 0 Å². The molecular weight excluding hydrogens is 248 g/mol. The average Bonchev–Trinajstić information content (AvgIpc) is 2.37. The Labute approximate surface area is 114 Å². The Morgan fingerprint density at radius 2 is 2.16 bits per heavy atom. The highest BCUT2D eigenvalue weighted by molar-refractivity contribution is 5.82. The molecule has 0 aromatic heterocycles. The van der Waals surface area contributed by atoms with E-state index in [1.807, 2.05) is 0 Å². The summed E-state index contributed by atoms with van der Waals surface area (Å²) in [5, 5.41) is 11.8. The second-order valence-electron chi connectivity index (χ2n) is 5.24. The van der Waals surface area contributed by atoms with Crippen LogP contribution in [-0.2, 0) is 9.53 Å². The van der Waals surface area contributed by atoms with Gasteiger partial charge in [0.2, 0.25) is 0 Å². The Kier molecular flexibility index (Phi) is 6.62. The van der Waals surface area contributed by atoms with Gasteiger partial charge in [0, 0.05) is 13.1 Å². The number of hydrogen-bond donors (Lipinski definition) is 2. The fourth-order valence-electron chi connectivity index (χ4n) is 2.03. The lowest BCUT2D eigenvalue weighted by molar-refractivity contribution is -0.147. The molecule has 0 radical (unpaired) electrons. The molecule has 1 heterocycles. The maximum Gasteiger partial charge on any atom is 0.328 e. The van der Waals surface area contributed by atoms with Crippen molar-refractivity contribution >= 4 is 12.0 Å². The van der Waals surface area contributed by atoms with Gasteiger partial charge in [-0.05, 0) is 12.3 Å². The van der Waals surface area contributed by atoms with E-state index in [2.05, 4.69) is 19.2 Å². The van der Waals surface area contributed by atoms with E-state index in [0.29, 0.717) is 25.6 Å². The van der Waals surface area contributed by atoms with Gasteiger partial charge in [-0.3, -0.25) is 0 Å². The minimum Gasteiger partial charge on any atom is -0.480 e. The number of nitrogens with one attached hydrogen (secondary N) is 1. The van der Waals surface area contributed by atoms with E-state index < -0.39 is 12.0 Å². The summed E-state index contributed by atoms with van der Waals surface area (Å²) in [5.41, 5.74) is 0. The van der Waals surface area contributed by atoms with Crippen molar-refractivity contribution in [3.8, 4) is 0 Å². The average molecular weight is 272 g/mol. The van der Waals surface area contributed by atoms with Gasteiger partial charge < -0.3 is 20.1 Å². The number of ether oxygens (including phenoxy) is 1. The molecule has 1 fully saturated rings. The smallest absolute Gasteiger partial charge is 0.328 e. The second-order valence-corrected chi connectivity index (χ2v) is 5.24. The summed E-state index contributed by atoms with van der Waals surface area (Å²) in [6.07, 6.45) is 3.14. The van der Waals surface area contributed by atoms with Gasteiger partial charge in [0.1, 0.15) is 0 Å². The number of amides is 2. The Bertz CT molecular complexity index is 307. The van der Waals surface area contributed by atoms with E-state index >= 15 is 0 Å². The van der Waals surface area contributed by atoms with Gasteiger partial charge in [0.15, 0.2) is 6.04 Å². The molecule has 1 unspecified atom stereocenters. The Morgan fingerprint density at radius 1 is 1.42 bits per heavy atom. The second kappa shape index (κ2) is 7.99. The number of urea groups is 1. The monoisotopic (exact) mass is 272 g/mol. The van der Waals surface area contributed by atoms with Crippen molar-refractivity contribution in [2.75, 3.05) is 26.3 Å². The molecule has 1 rings (SSSR count). The summed E-state index contributed by atoms with van der Waals surface area (Å²) in [6, 6.07) is -1.18. The number of nitrogens with zero attached hydrogens (tertiary/aromatic N) is 1. The normalized spacial score (nSPS) is 19.5. The van der Waals surface area contributed by atoms with Crippen LogP contribution in [-0.4, -0.2) is 54.4 Å². The summed E-state index contributed by atoms with van der Waals surface area (Å²) in [5.74, 6) is -0.346. The predicted octanol–water partition coefficient (Wildman–Crippen LogP) is 1.31. The number of hydrogen-bond acceptors (Lipinski definition) is 3. The van der Waals surface area contributed by atoms with Crippen molar-refractivity contribution in [1.82, 2.24) is 10.2 Å². The lowest BCUT2D eigenvalue weighted by Gasteiger charge is -2.32. The molecule has 2 amide bonds. The Balaban J connectivity index is 2.29. The summed E-state index contributed by atoms with van der Waals surface area (Å²) in [4.78, 5) is 24.3. The van der Waals surface area contributed by atoms with Gasteiger partial charge in [-0.2, -0.15) is 0 Å². The summed E-state index contributed by atoms with van der Waals surface area (Å²) in [6.45, 7) is 5.72. The summed E-state index contributed by atoms with van der Waals surface area (Å²) < 4.78 is 5.09. The number of morpholine rings is 1. The molecule has 1 atom stereocenters. The van der Waals surface area contributed by atoms with Gasteiger partial charge in [0.05, 0.1) is 13.2 Å². The van der Waals surface area contributed by atoms with E-state index in [9.17, 15) is 9.59 Å². The van der Waals surface area contributed by atoms with Crippen molar-refractivity contribution in [3.05, 3.63) is 0 Å². The molecule has 0 aromatic carbocycles. The molecule has 2 N–H and O–H groups in total. The zero-order valence-corrected chi connectivity index (χ0v) is 11.7. The Hall–Kier alpha value is -1.30. The number of rotatable bonds is 6. The molecule has 1 aliphatic rings. The molecule has 19 heavy (non-hydrogen) atoms. The fourth-order valence-corrected chi connectivity index (χ4v) is 2.03. The SMILES string of the molecule is CC(C)CCCCNC(=O)N1CCOCC1C(=O)O. The third-order valence-electron chi connectivity index (χ3n) is 3.16. The minimum absolute atomic E-state index is 0.0656. The van der Waals surface area contributed by atoms with Crippen LogP contribution in [0.15, 0.2) is 0 Å². The molecule has 6 heteroatoms. The fraction of sp³-hybridized carbons (Fsp3) is 0.846. The number of unbranched alkanes of at least 4 members (excludes halogenated alkanes) is 1. The topological polar surface area (TPSA) is 78.9 Å². The van der Waals surface area contributed by atoms with Crippen LogP contribution in [0.25, 0.3) is 0 Å². The maximum atomic E-state index is 11.9. The van der Waals surface area contributed by atoms with Crippen molar-refractivity contribution in [2.24, 2.45) is 5.92 Å². The van der Waals surface area contributed by atoms with Gasteiger partial charge in [-0.25, -0.2) is 9.59 Å². The van der Waals surface area contributed by atoms with E-state index in [0.717, 1.165) is 19.3 Å². The molecule has 1 aliphatic heterocycles. The zero-order chi connectivity index (χ0) is 14.3. The largest absolute Gasteiger partial charge is 0.480 e. The number of carboxylic acids is 1. The van der Waals surface area contributed by atoms with Crippen LogP contribution in [0.2, 0.25) is 0 Å². The highest BCUT2D eigenvalue weighted by atomic mass is 16.5. The van der Waals surface area contributed by atoms with E-state index in [4.69, 9.17) is 9.84 Å². The van der Waals surface area contributed by atoms with Crippen LogP contribution in [0.4, 0.5) is 4.79 Å². The molecule has 0 bridgehead atoms. The molecular formula is C13H24N2O4. The van der Waals surface area contributed by atoms with E-state index in [-0.39, 0.29) is 12.6 Å². The van der Waals surface area contributed by atoms with Crippen LogP contribution < -0.4 is 5.32 Å². The van der Waals surface area contributed by atoms with Crippen molar-refractivity contribution < 1.29 is 19.4 Å². The standard InChI is InChI=1S/C13H24N2O4/c1-10(2)5-3-4-6-14-13(18)15-7-8-19-9-11(15)12(16)17/h10-11H,3-9H2,1-2H3,(H,14,18)(H,16,17). The lowest BCUT2D eigenvalue weighted by atomic mass is 10.1. The van der Waals surface area contributed by atoms with Gasteiger partial charge >= 0.3 is 12.0 Å². The van der Waals surface area contributed by atoms with Crippen LogP contribution in [0.3, 0.4) is 0 Å². The molecule has 0 spiro atoms. The van der Waals surface area contributed by atoms with Crippen LogP contribution in [0.5, 0.6) is 0 Å². The highest BCUT2D eigenvalue weighted by Gasteiger charge is 2.32. The van der Waals surface area contributed by atoms with Crippen LogP contribution in [0, 0.1) is 5.92 Å². The first kappa shape index (κ1) is 15.8. The van der Waals surface area contributed by atoms with E-state index in [1.54, 1.807) is 0 Å². The van der Waals surface area contributed by atoms with Crippen LogP contribution in [0.1, 0.15) is 33.1 Å². The summed E-state index contributed by atoms with van der Waals surface area (Å²) in [7, 11) is 0. The van der Waals surface area contributed by atoms with Crippen LogP contribution >= 0.6 is 0 Å². The molecule has 0 saturated carbocycles. The maximum absolute atomic E-state index is 11.9. The number of aliphatic carboxylic acids is 1. The third-order valence-corrected chi connectivity index (χ3v) is 3.16. The summed E-state index contributed by atoms with van der Waals surface area (Å²) >= 11 is 0. The zero-order valence-electron chi connectivity index (χ0n) is 11.7.